The van der Waals surface area contributed by atoms with Crippen LogP contribution in [-0.4, -0.2) is 0 Å². The summed E-state index contributed by atoms with van der Waals surface area (Å²) >= 11 is 0. The number of nitriles is 1. The highest BCUT2D eigenvalue weighted by Gasteiger charge is 2.25. The number of allylic oxidation sites excluding steroid dienone is 4. The Morgan fingerprint density at radius 1 is 1.27 bits per heavy atom. The molecule has 0 radical (unpaired) electrons. The molecule has 82 valence electrons. The molecule has 0 saturated heterocycles. The summed E-state index contributed by atoms with van der Waals surface area (Å²) in [6, 6.07) is 2.34. The van der Waals surface area contributed by atoms with Gasteiger partial charge in [0.1, 0.15) is 0 Å². The fourth-order valence-corrected chi connectivity index (χ4v) is 2.58. The van der Waals surface area contributed by atoms with E-state index in [1.807, 2.05) is 0 Å². The molecule has 1 nitrogen and oxygen atoms in total. The second kappa shape index (κ2) is 4.66. The molecule has 1 aliphatic rings. The zero-order valence-corrected chi connectivity index (χ0v) is 10.5. The van der Waals surface area contributed by atoms with Crippen LogP contribution in [0.2, 0.25) is 0 Å². The van der Waals surface area contributed by atoms with Crippen LogP contribution in [-0.2, 0) is 0 Å². The number of nitrogens with zero attached hydrogens (tertiary/aromatic N) is 1. The predicted octanol–water partition coefficient (Wildman–Crippen LogP) is 4.08. The number of hydrogen-bond donors (Lipinski definition) is 0. The lowest BCUT2D eigenvalue weighted by molar-refractivity contribution is 0.552. The van der Waals surface area contributed by atoms with Gasteiger partial charge in [-0.25, -0.2) is 0 Å². The molecule has 1 atom stereocenters. The molecular weight excluding hydrogens is 182 g/mol. The highest BCUT2D eigenvalue weighted by atomic mass is 14.3. The molecule has 0 fully saturated rings. The molecule has 0 amide bonds. The zero-order valence-electron chi connectivity index (χ0n) is 10.5. The van der Waals surface area contributed by atoms with E-state index in [1.54, 1.807) is 0 Å². The normalized spacial score (nSPS) is 22.0. The van der Waals surface area contributed by atoms with Gasteiger partial charge in [0.2, 0.25) is 0 Å². The Labute approximate surface area is 93.5 Å². The minimum absolute atomic E-state index is 0.455. The average molecular weight is 203 g/mol. The van der Waals surface area contributed by atoms with Gasteiger partial charge in [-0.3, -0.25) is 0 Å². The Balaban J connectivity index is 3.28. The van der Waals surface area contributed by atoms with Crippen LogP contribution >= 0.6 is 0 Å². The van der Waals surface area contributed by atoms with Crippen LogP contribution in [0.25, 0.3) is 0 Å². The minimum Gasteiger partial charge on any atom is -0.192 e. The van der Waals surface area contributed by atoms with Crippen molar-refractivity contribution in [2.45, 2.75) is 41.0 Å². The SMILES string of the molecule is CC(C)C1=C(C(C)C)C(C)CC=C1C#N. The number of rotatable bonds is 2. The largest absolute Gasteiger partial charge is 0.192 e. The first-order valence-electron chi connectivity index (χ1n) is 5.83. The van der Waals surface area contributed by atoms with Gasteiger partial charge in [-0.2, -0.15) is 5.26 Å². The molecule has 0 aliphatic heterocycles. The van der Waals surface area contributed by atoms with Crippen molar-refractivity contribution in [3.63, 3.8) is 0 Å². The van der Waals surface area contributed by atoms with E-state index < -0.39 is 0 Å². The molecule has 1 unspecified atom stereocenters. The maximum Gasteiger partial charge on any atom is 0.0991 e. The van der Waals surface area contributed by atoms with Crippen molar-refractivity contribution in [2.24, 2.45) is 17.8 Å². The highest BCUT2D eigenvalue weighted by Crippen LogP contribution is 2.37. The maximum absolute atomic E-state index is 9.14. The molecule has 1 aliphatic carbocycles. The van der Waals surface area contributed by atoms with Crippen LogP contribution < -0.4 is 0 Å². The molecule has 15 heavy (non-hydrogen) atoms. The second-order valence-corrected chi connectivity index (χ2v) is 5.04. The Bertz CT molecular complexity index is 337. The third kappa shape index (κ3) is 2.31. The highest BCUT2D eigenvalue weighted by molar-refractivity contribution is 5.49. The van der Waals surface area contributed by atoms with Gasteiger partial charge < -0.3 is 0 Å². The molecule has 0 aromatic heterocycles. The van der Waals surface area contributed by atoms with Crippen LogP contribution in [0.1, 0.15) is 41.0 Å². The minimum atomic E-state index is 0.455. The van der Waals surface area contributed by atoms with Crippen molar-refractivity contribution in [3.05, 3.63) is 22.8 Å². The fraction of sp³-hybridized carbons (Fsp3) is 0.643. The van der Waals surface area contributed by atoms with Gasteiger partial charge in [0.05, 0.1) is 11.6 Å². The van der Waals surface area contributed by atoms with E-state index in [0.717, 1.165) is 12.0 Å². The maximum atomic E-state index is 9.14. The molecule has 0 saturated carbocycles. The molecular formula is C14H21N. The van der Waals surface area contributed by atoms with Gasteiger partial charge in [-0.1, -0.05) is 46.3 Å². The summed E-state index contributed by atoms with van der Waals surface area (Å²) in [5, 5.41) is 9.14. The first kappa shape index (κ1) is 12.0. The summed E-state index contributed by atoms with van der Waals surface area (Å²) in [5.41, 5.74) is 3.70. The van der Waals surface area contributed by atoms with Gasteiger partial charge in [-0.05, 0) is 29.7 Å². The van der Waals surface area contributed by atoms with E-state index in [1.165, 1.54) is 11.1 Å². The molecule has 1 rings (SSSR count). The molecule has 0 heterocycles. The summed E-state index contributed by atoms with van der Waals surface area (Å²) in [5.74, 6) is 1.60. The van der Waals surface area contributed by atoms with Crippen LogP contribution in [0.4, 0.5) is 0 Å². The van der Waals surface area contributed by atoms with E-state index in [4.69, 9.17) is 5.26 Å². The predicted molar refractivity (Wildman–Crippen MR) is 64.2 cm³/mol. The number of hydrogen-bond acceptors (Lipinski definition) is 1. The summed E-state index contributed by atoms with van der Waals surface area (Å²) in [4.78, 5) is 0. The summed E-state index contributed by atoms with van der Waals surface area (Å²) in [7, 11) is 0. The molecule has 0 spiro atoms. The summed E-state index contributed by atoms with van der Waals surface area (Å²) < 4.78 is 0. The van der Waals surface area contributed by atoms with Crippen molar-refractivity contribution < 1.29 is 0 Å². The van der Waals surface area contributed by atoms with E-state index in [2.05, 4.69) is 46.8 Å². The quantitative estimate of drug-likeness (QED) is 0.663. The van der Waals surface area contributed by atoms with Crippen LogP contribution in [0.5, 0.6) is 0 Å². The van der Waals surface area contributed by atoms with Gasteiger partial charge in [0.25, 0.3) is 0 Å². The average Bonchev–Trinajstić information content (AvgIpc) is 2.16. The lowest BCUT2D eigenvalue weighted by Gasteiger charge is -2.29. The summed E-state index contributed by atoms with van der Waals surface area (Å²) in [6.45, 7) is 11.1. The lowest BCUT2D eigenvalue weighted by atomic mass is 9.75. The third-order valence-electron chi connectivity index (χ3n) is 3.13. The van der Waals surface area contributed by atoms with Crippen molar-refractivity contribution in [2.75, 3.05) is 0 Å². The van der Waals surface area contributed by atoms with Gasteiger partial charge >= 0.3 is 0 Å². The third-order valence-corrected chi connectivity index (χ3v) is 3.13. The Kier molecular flexibility index (Phi) is 3.74. The molecule has 0 aromatic carbocycles. The first-order chi connectivity index (χ1) is 6.99. The zero-order chi connectivity index (χ0) is 11.6. The molecule has 0 aromatic rings. The van der Waals surface area contributed by atoms with E-state index in [-0.39, 0.29) is 0 Å². The van der Waals surface area contributed by atoms with E-state index in [0.29, 0.717) is 17.8 Å². The van der Waals surface area contributed by atoms with Crippen LogP contribution in [0.15, 0.2) is 22.8 Å². The monoisotopic (exact) mass is 203 g/mol. The van der Waals surface area contributed by atoms with Crippen molar-refractivity contribution >= 4 is 0 Å². The van der Waals surface area contributed by atoms with Crippen LogP contribution in [0, 0.1) is 29.1 Å². The topological polar surface area (TPSA) is 23.8 Å². The van der Waals surface area contributed by atoms with Crippen molar-refractivity contribution in [1.82, 2.24) is 0 Å². The summed E-state index contributed by atoms with van der Waals surface area (Å²) in [6.07, 6.45) is 3.12. The molecule has 1 heteroatoms. The van der Waals surface area contributed by atoms with Crippen molar-refractivity contribution in [1.29, 1.82) is 5.26 Å². The van der Waals surface area contributed by atoms with Gasteiger partial charge in [0, 0.05) is 0 Å². The smallest absolute Gasteiger partial charge is 0.0991 e. The fourth-order valence-electron chi connectivity index (χ4n) is 2.58. The van der Waals surface area contributed by atoms with E-state index in [9.17, 15) is 0 Å². The van der Waals surface area contributed by atoms with Gasteiger partial charge in [-0.15, -0.1) is 0 Å². The van der Waals surface area contributed by atoms with Gasteiger partial charge in [0.15, 0.2) is 0 Å². The van der Waals surface area contributed by atoms with E-state index >= 15 is 0 Å². The Morgan fingerprint density at radius 3 is 2.27 bits per heavy atom. The second-order valence-electron chi connectivity index (χ2n) is 5.04. The Hall–Kier alpha value is -1.03. The standard InChI is InChI=1S/C14H21N/c1-9(2)13-11(5)6-7-12(8-15)14(13)10(3)4/h7,9-11H,6H2,1-5H3. The van der Waals surface area contributed by atoms with Crippen LogP contribution in [0.3, 0.4) is 0 Å². The lowest BCUT2D eigenvalue weighted by Crippen LogP contribution is -2.16. The Morgan fingerprint density at radius 2 is 1.87 bits per heavy atom. The first-order valence-corrected chi connectivity index (χ1v) is 5.83. The molecule has 0 N–H and O–H groups in total. The molecule has 0 bridgehead atoms. The van der Waals surface area contributed by atoms with Crippen molar-refractivity contribution in [3.8, 4) is 6.07 Å².